The Morgan fingerprint density at radius 1 is 1.26 bits per heavy atom. The fourth-order valence-corrected chi connectivity index (χ4v) is 3.03. The number of rotatable bonds is 3. The third-order valence-electron chi connectivity index (χ3n) is 4.14. The number of nitrogens with one attached hydrogen (secondary N) is 1. The Labute approximate surface area is 131 Å². The first-order chi connectivity index (χ1) is 11.2. The molecule has 2 N–H and O–H groups in total. The van der Waals surface area contributed by atoms with Gasteiger partial charge in [-0.1, -0.05) is 18.2 Å². The second kappa shape index (κ2) is 5.13. The maximum absolute atomic E-state index is 12.7. The number of piperazine rings is 1. The molecule has 7 nitrogen and oxygen atoms in total. The highest BCUT2D eigenvalue weighted by atomic mass is 16.5. The summed E-state index contributed by atoms with van der Waals surface area (Å²) in [7, 11) is 0. The van der Waals surface area contributed by atoms with Crippen molar-refractivity contribution in [1.82, 2.24) is 14.8 Å². The standard InChI is InChI=1S/C16H15N3O4/c20-6-5-18-8-13(21)19-9-23-15(14(19)16(18)22)11-7-17-12-4-2-1-3-10(11)12/h1-4,7,17,20H,5-6,8-9H2. The number of carbonyl (C=O) groups excluding carboxylic acids is 2. The molecule has 0 atom stereocenters. The minimum atomic E-state index is -0.295. The number of hydrogen-bond acceptors (Lipinski definition) is 4. The molecule has 0 unspecified atom stereocenters. The van der Waals surface area contributed by atoms with Crippen molar-refractivity contribution in [2.45, 2.75) is 0 Å². The molecule has 23 heavy (non-hydrogen) atoms. The monoisotopic (exact) mass is 313 g/mol. The predicted molar refractivity (Wildman–Crippen MR) is 81.7 cm³/mol. The molecule has 0 radical (unpaired) electrons. The average molecular weight is 313 g/mol. The van der Waals surface area contributed by atoms with E-state index >= 15 is 0 Å². The van der Waals surface area contributed by atoms with Crippen molar-refractivity contribution in [2.75, 3.05) is 26.4 Å². The number of H-pyrrole nitrogens is 1. The average Bonchev–Trinajstić information content (AvgIpc) is 3.16. The molecule has 1 fully saturated rings. The van der Waals surface area contributed by atoms with Crippen LogP contribution in [0.4, 0.5) is 0 Å². The van der Waals surface area contributed by atoms with E-state index in [1.807, 2.05) is 24.3 Å². The molecule has 1 aromatic heterocycles. The van der Waals surface area contributed by atoms with Gasteiger partial charge in [0, 0.05) is 29.2 Å². The summed E-state index contributed by atoms with van der Waals surface area (Å²) in [5.41, 5.74) is 1.93. The highest BCUT2D eigenvalue weighted by molar-refractivity contribution is 6.09. The van der Waals surface area contributed by atoms with E-state index in [4.69, 9.17) is 9.84 Å². The number of hydrogen-bond donors (Lipinski definition) is 2. The van der Waals surface area contributed by atoms with Crippen LogP contribution >= 0.6 is 0 Å². The van der Waals surface area contributed by atoms with Crippen LogP contribution in [-0.4, -0.2) is 58.1 Å². The molecule has 1 saturated heterocycles. The zero-order chi connectivity index (χ0) is 16.0. The first-order valence-electron chi connectivity index (χ1n) is 7.35. The SMILES string of the molecule is O=C1C2=C(c3c[nH]c4ccccc34)OCN2C(=O)CN1CCO. The van der Waals surface area contributed by atoms with Crippen molar-refractivity contribution in [2.24, 2.45) is 0 Å². The molecule has 118 valence electrons. The van der Waals surface area contributed by atoms with E-state index in [9.17, 15) is 9.59 Å². The molecule has 0 spiro atoms. The summed E-state index contributed by atoms with van der Waals surface area (Å²) >= 11 is 0. The Morgan fingerprint density at radius 3 is 2.91 bits per heavy atom. The van der Waals surface area contributed by atoms with Gasteiger partial charge in [0.05, 0.1) is 6.61 Å². The number of nitrogens with zero attached hydrogens (tertiary/aromatic N) is 2. The number of aromatic amines is 1. The molecule has 4 rings (SSSR count). The van der Waals surface area contributed by atoms with E-state index in [1.165, 1.54) is 9.80 Å². The number of para-hydroxylation sites is 1. The Hall–Kier alpha value is -2.80. The van der Waals surface area contributed by atoms with Gasteiger partial charge < -0.3 is 19.7 Å². The molecule has 0 saturated carbocycles. The van der Waals surface area contributed by atoms with Gasteiger partial charge in [-0.15, -0.1) is 0 Å². The normalized spacial score (nSPS) is 18.0. The minimum absolute atomic E-state index is 0.0343. The number of benzene rings is 1. The van der Waals surface area contributed by atoms with E-state index in [0.717, 1.165) is 16.5 Å². The number of fused-ring (bicyclic) bond motifs is 2. The molecule has 7 heteroatoms. The Morgan fingerprint density at radius 2 is 2.09 bits per heavy atom. The second-order valence-corrected chi connectivity index (χ2v) is 5.47. The van der Waals surface area contributed by atoms with Crippen molar-refractivity contribution in [3.8, 4) is 0 Å². The number of aromatic nitrogens is 1. The highest BCUT2D eigenvalue weighted by Gasteiger charge is 2.42. The van der Waals surface area contributed by atoms with Crippen molar-refractivity contribution in [3.63, 3.8) is 0 Å². The van der Waals surface area contributed by atoms with Crippen LogP contribution < -0.4 is 0 Å². The quantitative estimate of drug-likeness (QED) is 0.863. The third-order valence-corrected chi connectivity index (χ3v) is 4.14. The number of amides is 2. The fourth-order valence-electron chi connectivity index (χ4n) is 3.03. The topological polar surface area (TPSA) is 85.9 Å². The van der Waals surface area contributed by atoms with Gasteiger partial charge in [0.2, 0.25) is 5.91 Å². The summed E-state index contributed by atoms with van der Waals surface area (Å²) in [6, 6.07) is 7.69. The molecule has 2 aromatic rings. The number of β-amino-alcohol motifs (C(OH)–C–C–N with tert-alkyl or cyclic N) is 1. The number of ether oxygens (including phenoxy) is 1. The highest BCUT2D eigenvalue weighted by Crippen LogP contribution is 2.35. The van der Waals surface area contributed by atoms with Crippen LogP contribution in [0.15, 0.2) is 36.2 Å². The summed E-state index contributed by atoms with van der Waals surface area (Å²) in [5, 5.41) is 10.0. The fraction of sp³-hybridized carbons (Fsp3) is 0.250. The van der Waals surface area contributed by atoms with Crippen LogP contribution in [0.2, 0.25) is 0 Å². The Kier molecular flexibility index (Phi) is 3.09. The first-order valence-corrected chi connectivity index (χ1v) is 7.35. The summed E-state index contributed by atoms with van der Waals surface area (Å²) in [6.07, 6.45) is 1.78. The molecule has 1 aromatic carbocycles. The van der Waals surface area contributed by atoms with Crippen molar-refractivity contribution < 1.29 is 19.4 Å². The lowest BCUT2D eigenvalue weighted by molar-refractivity contribution is -0.146. The van der Waals surface area contributed by atoms with Crippen LogP contribution in [0.3, 0.4) is 0 Å². The summed E-state index contributed by atoms with van der Waals surface area (Å²) < 4.78 is 5.67. The molecule has 0 bridgehead atoms. The molecule has 2 aliphatic rings. The van der Waals surface area contributed by atoms with Crippen molar-refractivity contribution in [1.29, 1.82) is 0 Å². The maximum Gasteiger partial charge on any atom is 0.275 e. The van der Waals surface area contributed by atoms with Gasteiger partial charge in [-0.2, -0.15) is 0 Å². The van der Waals surface area contributed by atoms with Gasteiger partial charge >= 0.3 is 0 Å². The predicted octanol–water partition coefficient (Wildman–Crippen LogP) is 0.487. The molecular weight excluding hydrogens is 298 g/mol. The van der Waals surface area contributed by atoms with Crippen LogP contribution in [0, 0.1) is 0 Å². The molecule has 3 heterocycles. The maximum atomic E-state index is 12.7. The van der Waals surface area contributed by atoms with Gasteiger partial charge in [-0.25, -0.2) is 0 Å². The lowest BCUT2D eigenvalue weighted by atomic mass is 10.1. The van der Waals surface area contributed by atoms with Gasteiger partial charge in [0.15, 0.2) is 18.2 Å². The molecule has 2 amide bonds. The third kappa shape index (κ3) is 2.01. The lowest BCUT2D eigenvalue weighted by Gasteiger charge is -2.31. The minimum Gasteiger partial charge on any atom is -0.470 e. The number of aliphatic hydroxyl groups is 1. The first kappa shape index (κ1) is 13.8. The number of carbonyl (C=O) groups is 2. The van der Waals surface area contributed by atoms with Crippen LogP contribution in [0.25, 0.3) is 16.7 Å². The lowest BCUT2D eigenvalue weighted by Crippen LogP contribution is -2.51. The molecule has 2 aliphatic heterocycles. The second-order valence-electron chi connectivity index (χ2n) is 5.47. The Balaban J connectivity index is 1.85. The summed E-state index contributed by atoms with van der Waals surface area (Å²) in [6.45, 7) is -0.0478. The van der Waals surface area contributed by atoms with Crippen molar-refractivity contribution in [3.05, 3.63) is 41.7 Å². The van der Waals surface area contributed by atoms with Gasteiger partial charge in [-0.05, 0) is 6.07 Å². The van der Waals surface area contributed by atoms with E-state index in [1.54, 1.807) is 6.20 Å². The van der Waals surface area contributed by atoms with Crippen molar-refractivity contribution >= 4 is 28.5 Å². The zero-order valence-electron chi connectivity index (χ0n) is 12.3. The van der Waals surface area contributed by atoms with Gasteiger partial charge in [0.1, 0.15) is 6.54 Å². The number of aliphatic hydroxyl groups excluding tert-OH is 1. The van der Waals surface area contributed by atoms with Crippen LogP contribution in [0.5, 0.6) is 0 Å². The Bertz CT molecular complexity index is 839. The van der Waals surface area contributed by atoms with Gasteiger partial charge in [0.25, 0.3) is 5.91 Å². The van der Waals surface area contributed by atoms with Crippen LogP contribution in [-0.2, 0) is 14.3 Å². The summed E-state index contributed by atoms with van der Waals surface area (Å²) in [4.78, 5) is 30.7. The molecule has 0 aliphatic carbocycles. The smallest absolute Gasteiger partial charge is 0.275 e. The van der Waals surface area contributed by atoms with E-state index in [2.05, 4.69) is 4.98 Å². The zero-order valence-corrected chi connectivity index (χ0v) is 12.3. The summed E-state index contributed by atoms with van der Waals surface area (Å²) in [5.74, 6) is -0.0947. The van der Waals surface area contributed by atoms with Crippen LogP contribution in [0.1, 0.15) is 5.56 Å². The van der Waals surface area contributed by atoms with E-state index < -0.39 is 0 Å². The molecular formula is C16H15N3O4. The largest absolute Gasteiger partial charge is 0.470 e. The van der Waals surface area contributed by atoms with Gasteiger partial charge in [-0.3, -0.25) is 14.5 Å². The van der Waals surface area contributed by atoms with E-state index in [-0.39, 0.29) is 43.9 Å². The van der Waals surface area contributed by atoms with E-state index in [0.29, 0.717) is 5.76 Å².